The lowest BCUT2D eigenvalue weighted by atomic mass is 10.0. The molecule has 134 valence electrons. The fourth-order valence-corrected chi connectivity index (χ4v) is 3.80. The van der Waals surface area contributed by atoms with Crippen molar-refractivity contribution in [3.8, 4) is 0 Å². The van der Waals surface area contributed by atoms with Crippen LogP contribution in [0.5, 0.6) is 0 Å². The van der Waals surface area contributed by atoms with Crippen LogP contribution in [0.4, 0.5) is 5.69 Å². The number of piperidine rings is 1. The van der Waals surface area contributed by atoms with Gasteiger partial charge in [0.05, 0.1) is 12.1 Å². The summed E-state index contributed by atoms with van der Waals surface area (Å²) in [5, 5.41) is 10.3. The molecule has 0 unspecified atom stereocenters. The van der Waals surface area contributed by atoms with Crippen molar-refractivity contribution in [2.75, 3.05) is 31.1 Å². The van der Waals surface area contributed by atoms with E-state index in [0.717, 1.165) is 50.1 Å². The Morgan fingerprint density at radius 1 is 1.28 bits per heavy atom. The number of likely N-dealkylation sites (N-methyl/N-ethyl adjacent to an activating group) is 1. The fraction of sp³-hybridized carbons (Fsp3) is 0.500. The van der Waals surface area contributed by atoms with Crippen molar-refractivity contribution in [3.63, 3.8) is 0 Å². The maximum atomic E-state index is 11.1. The average Bonchev–Trinajstić information content (AvgIpc) is 2.65. The van der Waals surface area contributed by atoms with Crippen molar-refractivity contribution < 1.29 is 9.90 Å². The Morgan fingerprint density at radius 3 is 2.64 bits per heavy atom. The summed E-state index contributed by atoms with van der Waals surface area (Å²) in [5.41, 5.74) is 3.44. The number of nitrogens with zero attached hydrogens (tertiary/aromatic N) is 3. The summed E-state index contributed by atoms with van der Waals surface area (Å²) in [5.74, 6) is -0.739. The molecule has 25 heavy (non-hydrogen) atoms. The molecule has 0 saturated carbocycles. The van der Waals surface area contributed by atoms with Crippen LogP contribution in [-0.2, 0) is 11.2 Å². The second-order valence-corrected chi connectivity index (χ2v) is 6.68. The minimum Gasteiger partial charge on any atom is -0.480 e. The van der Waals surface area contributed by atoms with Gasteiger partial charge in [0.15, 0.2) is 0 Å². The third-order valence-corrected chi connectivity index (χ3v) is 5.18. The number of anilines is 1. The zero-order valence-corrected chi connectivity index (χ0v) is 15.1. The molecule has 1 aromatic carbocycles. The van der Waals surface area contributed by atoms with E-state index in [0.29, 0.717) is 6.04 Å². The van der Waals surface area contributed by atoms with Crippen molar-refractivity contribution in [1.29, 1.82) is 0 Å². The monoisotopic (exact) mass is 341 g/mol. The molecule has 1 saturated heterocycles. The summed E-state index contributed by atoms with van der Waals surface area (Å²) >= 11 is 0. The summed E-state index contributed by atoms with van der Waals surface area (Å²) < 4.78 is 0. The minimum atomic E-state index is -0.739. The van der Waals surface area contributed by atoms with E-state index in [4.69, 9.17) is 10.1 Å². The highest BCUT2D eigenvalue weighted by molar-refractivity contribution is 5.92. The number of hydrogen-bond donors (Lipinski definition) is 1. The van der Waals surface area contributed by atoms with E-state index in [9.17, 15) is 4.79 Å². The number of carboxylic acids is 1. The second-order valence-electron chi connectivity index (χ2n) is 6.68. The number of hydrogen-bond acceptors (Lipinski definition) is 4. The Labute approximate surface area is 149 Å². The van der Waals surface area contributed by atoms with Crippen molar-refractivity contribution in [1.82, 2.24) is 9.88 Å². The number of aliphatic carboxylic acids is 1. The number of carbonyl (C=O) groups is 1. The van der Waals surface area contributed by atoms with Gasteiger partial charge in [0.2, 0.25) is 0 Å². The molecule has 5 nitrogen and oxygen atoms in total. The maximum Gasteiger partial charge on any atom is 0.317 e. The molecule has 5 heteroatoms. The zero-order chi connectivity index (χ0) is 17.8. The van der Waals surface area contributed by atoms with Gasteiger partial charge < -0.3 is 10.0 Å². The number of aromatic nitrogens is 1. The van der Waals surface area contributed by atoms with Crippen LogP contribution in [0, 0.1) is 0 Å². The average molecular weight is 341 g/mol. The van der Waals surface area contributed by atoms with Gasteiger partial charge in [-0.05, 0) is 37.9 Å². The maximum absolute atomic E-state index is 11.1. The molecular formula is C20H27N3O2. The summed E-state index contributed by atoms with van der Waals surface area (Å²) in [6, 6.07) is 10.9. The number of para-hydroxylation sites is 1. The molecule has 0 spiro atoms. The largest absolute Gasteiger partial charge is 0.480 e. The molecule has 0 atom stereocenters. The van der Waals surface area contributed by atoms with Gasteiger partial charge in [-0.2, -0.15) is 0 Å². The first-order valence-electron chi connectivity index (χ1n) is 9.21. The number of pyridine rings is 1. The topological polar surface area (TPSA) is 56.7 Å². The Morgan fingerprint density at radius 2 is 2.00 bits per heavy atom. The normalized spacial score (nSPS) is 15.9. The van der Waals surface area contributed by atoms with Gasteiger partial charge in [-0.25, -0.2) is 0 Å². The third kappa shape index (κ3) is 3.93. The molecule has 1 aliphatic heterocycles. The lowest BCUT2D eigenvalue weighted by molar-refractivity contribution is -0.139. The highest BCUT2D eigenvalue weighted by Gasteiger charge is 2.26. The summed E-state index contributed by atoms with van der Waals surface area (Å²) in [6.45, 7) is 7.02. The third-order valence-electron chi connectivity index (χ3n) is 5.18. The van der Waals surface area contributed by atoms with Crippen molar-refractivity contribution >= 4 is 22.6 Å². The minimum absolute atomic E-state index is 0.138. The number of benzene rings is 1. The van der Waals surface area contributed by atoms with Gasteiger partial charge in [-0.1, -0.05) is 32.0 Å². The van der Waals surface area contributed by atoms with Crippen LogP contribution in [0.15, 0.2) is 30.3 Å². The first-order chi connectivity index (χ1) is 12.1. The molecule has 2 aromatic rings. The number of aryl methyl sites for hydroxylation is 1. The van der Waals surface area contributed by atoms with Crippen LogP contribution >= 0.6 is 0 Å². The highest BCUT2D eigenvalue weighted by Crippen LogP contribution is 2.30. The van der Waals surface area contributed by atoms with Crippen LogP contribution in [0.1, 0.15) is 32.4 Å². The molecule has 2 heterocycles. The first kappa shape index (κ1) is 17.7. The standard InChI is InChI=1S/C20H27N3O2/c1-3-15-13-19(17-7-5-6-8-18(17)21-15)23-11-9-16(10-12-23)22(4-2)14-20(24)25/h5-8,13,16H,3-4,9-12,14H2,1-2H3,(H,24,25). The molecule has 1 N–H and O–H groups in total. The van der Waals surface area contributed by atoms with E-state index in [-0.39, 0.29) is 6.54 Å². The predicted octanol–water partition coefficient (Wildman–Crippen LogP) is 3.17. The molecular weight excluding hydrogens is 314 g/mol. The van der Waals surface area contributed by atoms with Gasteiger partial charge in [-0.15, -0.1) is 0 Å². The molecule has 0 aliphatic carbocycles. The zero-order valence-electron chi connectivity index (χ0n) is 15.1. The van der Waals surface area contributed by atoms with Crippen molar-refractivity contribution in [2.24, 2.45) is 0 Å². The van der Waals surface area contributed by atoms with E-state index in [1.54, 1.807) is 0 Å². The lowest BCUT2D eigenvalue weighted by Gasteiger charge is -2.39. The van der Waals surface area contributed by atoms with E-state index in [1.807, 2.05) is 13.0 Å². The summed E-state index contributed by atoms with van der Waals surface area (Å²) in [6.07, 6.45) is 2.93. The lowest BCUT2D eigenvalue weighted by Crippen LogP contribution is -2.46. The SMILES string of the molecule is CCc1cc(N2CCC(N(CC)CC(=O)O)CC2)c2ccccc2n1. The van der Waals surface area contributed by atoms with Crippen LogP contribution in [-0.4, -0.2) is 53.2 Å². The Kier molecular flexibility index (Phi) is 5.53. The van der Waals surface area contributed by atoms with Crippen LogP contribution in [0.3, 0.4) is 0 Å². The molecule has 1 fully saturated rings. The second kappa shape index (κ2) is 7.83. The molecule has 0 bridgehead atoms. The van der Waals surface area contributed by atoms with Gasteiger partial charge in [0.1, 0.15) is 0 Å². The van der Waals surface area contributed by atoms with E-state index in [2.05, 4.69) is 41.0 Å². The fourth-order valence-electron chi connectivity index (χ4n) is 3.80. The highest BCUT2D eigenvalue weighted by atomic mass is 16.4. The van der Waals surface area contributed by atoms with Gasteiger partial charge >= 0.3 is 5.97 Å². The van der Waals surface area contributed by atoms with E-state index in [1.165, 1.54) is 11.1 Å². The molecule has 1 aromatic heterocycles. The van der Waals surface area contributed by atoms with Crippen LogP contribution in [0.25, 0.3) is 10.9 Å². The smallest absolute Gasteiger partial charge is 0.317 e. The number of rotatable bonds is 6. The Balaban J connectivity index is 1.79. The first-order valence-corrected chi connectivity index (χ1v) is 9.21. The Hall–Kier alpha value is -2.14. The summed E-state index contributed by atoms with van der Waals surface area (Å²) in [7, 11) is 0. The molecule has 0 amide bonds. The quantitative estimate of drug-likeness (QED) is 0.874. The predicted molar refractivity (Wildman–Crippen MR) is 101 cm³/mol. The molecule has 3 rings (SSSR count). The van der Waals surface area contributed by atoms with Gasteiger partial charge in [-0.3, -0.25) is 14.7 Å². The van der Waals surface area contributed by atoms with E-state index >= 15 is 0 Å². The summed E-state index contributed by atoms with van der Waals surface area (Å²) in [4.78, 5) is 20.3. The van der Waals surface area contributed by atoms with Crippen LogP contribution in [0.2, 0.25) is 0 Å². The molecule has 1 aliphatic rings. The Bertz CT molecular complexity index is 739. The van der Waals surface area contributed by atoms with Gasteiger partial charge in [0, 0.05) is 35.9 Å². The molecule has 0 radical (unpaired) electrons. The van der Waals surface area contributed by atoms with Crippen molar-refractivity contribution in [2.45, 2.75) is 39.2 Å². The van der Waals surface area contributed by atoms with Crippen LogP contribution < -0.4 is 4.90 Å². The van der Waals surface area contributed by atoms with Crippen molar-refractivity contribution in [3.05, 3.63) is 36.0 Å². The number of carboxylic acid groups (broad SMARTS) is 1. The van der Waals surface area contributed by atoms with E-state index < -0.39 is 5.97 Å². The van der Waals surface area contributed by atoms with Gasteiger partial charge in [0.25, 0.3) is 0 Å². The number of fused-ring (bicyclic) bond motifs is 1.